The SMILES string of the molecule is CCOc1ccc(Cc2cc([C@@H]3O[C@H](C[S+]([O-])c4ccc(CC(=O)OC)cc4)[C@@H](O)[C@H](O)[C@H]3O)ccc2Cl)cc1. The lowest BCUT2D eigenvalue weighted by atomic mass is 9.90. The number of carbonyl (C=O) groups is 1. The Balaban J connectivity index is 1.48. The summed E-state index contributed by atoms with van der Waals surface area (Å²) in [6.07, 6.45) is -5.72. The molecule has 8 nitrogen and oxygen atoms in total. The molecule has 0 aliphatic carbocycles. The third kappa shape index (κ3) is 7.36. The summed E-state index contributed by atoms with van der Waals surface area (Å²) >= 11 is 4.90. The van der Waals surface area contributed by atoms with Gasteiger partial charge in [-0.25, -0.2) is 0 Å². The van der Waals surface area contributed by atoms with Crippen LogP contribution in [0.1, 0.15) is 35.3 Å². The molecule has 0 spiro atoms. The Bertz CT molecular complexity index is 1270. The number of esters is 1. The molecule has 1 aliphatic heterocycles. The molecule has 3 aromatic carbocycles. The molecule has 6 atom stereocenters. The van der Waals surface area contributed by atoms with Gasteiger partial charge in [0.05, 0.1) is 20.1 Å². The molecule has 1 unspecified atom stereocenters. The minimum Gasteiger partial charge on any atom is -0.611 e. The molecule has 4 rings (SSSR count). The summed E-state index contributed by atoms with van der Waals surface area (Å²) in [6.45, 7) is 2.50. The van der Waals surface area contributed by atoms with Crippen LogP contribution in [-0.4, -0.2) is 69.7 Å². The predicted octanol–water partition coefficient (Wildman–Crippen LogP) is 3.38. The summed E-state index contributed by atoms with van der Waals surface area (Å²) in [6, 6.07) is 19.5. The van der Waals surface area contributed by atoms with E-state index >= 15 is 0 Å². The second-order valence-electron chi connectivity index (χ2n) is 9.58. The summed E-state index contributed by atoms with van der Waals surface area (Å²) in [4.78, 5) is 12.0. The number of aliphatic hydroxyl groups excluding tert-OH is 3. The lowest BCUT2D eigenvalue weighted by molar-refractivity contribution is -0.218. The number of methoxy groups -OCH3 is 1. The monoisotopic (exact) mass is 588 g/mol. The zero-order valence-electron chi connectivity index (χ0n) is 22.2. The van der Waals surface area contributed by atoms with Gasteiger partial charge in [0.15, 0.2) is 4.90 Å². The Labute approximate surface area is 241 Å². The number of hydrogen-bond donors (Lipinski definition) is 3. The molecule has 10 heteroatoms. The normalized spacial score (nSPS) is 23.4. The molecule has 0 bridgehead atoms. The van der Waals surface area contributed by atoms with Crippen LogP contribution in [0.5, 0.6) is 5.75 Å². The van der Waals surface area contributed by atoms with Gasteiger partial charge in [0, 0.05) is 5.02 Å². The Morgan fingerprint density at radius 1 is 0.975 bits per heavy atom. The van der Waals surface area contributed by atoms with Crippen molar-refractivity contribution in [3.63, 3.8) is 0 Å². The molecule has 0 radical (unpaired) electrons. The van der Waals surface area contributed by atoms with Crippen molar-refractivity contribution in [3.05, 3.63) is 94.0 Å². The van der Waals surface area contributed by atoms with E-state index in [1.807, 2.05) is 37.3 Å². The average Bonchev–Trinajstić information content (AvgIpc) is 2.96. The maximum atomic E-state index is 13.1. The second kappa shape index (κ2) is 13.8. The van der Waals surface area contributed by atoms with Crippen molar-refractivity contribution in [1.29, 1.82) is 0 Å². The standard InChI is InChI=1S/C30H33ClO8S/c1-3-38-22-9-4-18(5-10-22)14-21-16-20(8-13-24(21)31)30-29(35)28(34)27(33)25(39-30)17-40(36)23-11-6-19(7-12-23)15-26(32)37-2/h4-13,16,25,27-30,33-35H,3,14-15,17H2,1-2H3/t25-,27-,28+,29-,30+,40?/m1/s1. The van der Waals surface area contributed by atoms with Gasteiger partial charge in [-0.15, -0.1) is 0 Å². The van der Waals surface area contributed by atoms with Crippen LogP contribution in [0, 0.1) is 0 Å². The Morgan fingerprint density at radius 3 is 2.30 bits per heavy atom. The van der Waals surface area contributed by atoms with E-state index in [2.05, 4.69) is 4.74 Å². The molecule has 40 heavy (non-hydrogen) atoms. The highest BCUT2D eigenvalue weighted by molar-refractivity contribution is 7.91. The van der Waals surface area contributed by atoms with Crippen molar-refractivity contribution in [2.75, 3.05) is 19.5 Å². The maximum absolute atomic E-state index is 13.1. The van der Waals surface area contributed by atoms with Crippen molar-refractivity contribution in [3.8, 4) is 5.75 Å². The largest absolute Gasteiger partial charge is 0.611 e. The van der Waals surface area contributed by atoms with Crippen LogP contribution < -0.4 is 4.74 Å². The van der Waals surface area contributed by atoms with Crippen LogP contribution in [0.15, 0.2) is 71.6 Å². The fraction of sp³-hybridized carbons (Fsp3) is 0.367. The Kier molecular flexibility index (Phi) is 10.5. The van der Waals surface area contributed by atoms with Crippen molar-refractivity contribution >= 4 is 28.7 Å². The van der Waals surface area contributed by atoms with E-state index in [1.165, 1.54) is 7.11 Å². The van der Waals surface area contributed by atoms with E-state index < -0.39 is 41.7 Å². The van der Waals surface area contributed by atoms with Crippen molar-refractivity contribution in [1.82, 2.24) is 0 Å². The highest BCUT2D eigenvalue weighted by Gasteiger charge is 2.46. The van der Waals surface area contributed by atoms with Gasteiger partial charge in [-0.1, -0.05) is 48.0 Å². The van der Waals surface area contributed by atoms with Crippen LogP contribution in [0.25, 0.3) is 0 Å². The molecule has 1 saturated heterocycles. The zero-order chi connectivity index (χ0) is 28.8. The molecule has 0 amide bonds. The summed E-state index contributed by atoms with van der Waals surface area (Å²) in [5, 5.41) is 32.6. The highest BCUT2D eigenvalue weighted by atomic mass is 35.5. The molecular formula is C30H33ClO8S. The van der Waals surface area contributed by atoms with E-state index in [0.717, 1.165) is 16.9 Å². The number of carbonyl (C=O) groups excluding carboxylic acids is 1. The first-order chi connectivity index (χ1) is 19.2. The van der Waals surface area contributed by atoms with Crippen LogP contribution in [0.4, 0.5) is 0 Å². The molecule has 3 aromatic rings. The minimum absolute atomic E-state index is 0.0985. The van der Waals surface area contributed by atoms with Crippen molar-refractivity contribution < 1.29 is 38.9 Å². The molecule has 0 saturated carbocycles. The van der Waals surface area contributed by atoms with E-state index in [9.17, 15) is 24.7 Å². The van der Waals surface area contributed by atoms with E-state index in [4.69, 9.17) is 21.1 Å². The number of aliphatic hydroxyl groups is 3. The molecule has 0 aromatic heterocycles. The first-order valence-electron chi connectivity index (χ1n) is 12.9. The number of hydrogen-bond acceptors (Lipinski definition) is 8. The van der Waals surface area contributed by atoms with Crippen LogP contribution in [0.2, 0.25) is 5.02 Å². The van der Waals surface area contributed by atoms with E-state index in [-0.39, 0.29) is 18.1 Å². The van der Waals surface area contributed by atoms with Gasteiger partial charge in [0.1, 0.15) is 42.0 Å². The Hall–Kier alpha value is -2.63. The van der Waals surface area contributed by atoms with Gasteiger partial charge in [-0.2, -0.15) is 0 Å². The quantitative estimate of drug-likeness (QED) is 0.243. The van der Waals surface area contributed by atoms with Gasteiger partial charge < -0.3 is 34.1 Å². The zero-order valence-corrected chi connectivity index (χ0v) is 23.8. The number of ether oxygens (including phenoxy) is 3. The fourth-order valence-corrected chi connectivity index (χ4v) is 6.00. The van der Waals surface area contributed by atoms with Gasteiger partial charge in [-0.3, -0.25) is 4.79 Å². The number of rotatable bonds is 10. The lowest BCUT2D eigenvalue weighted by Crippen LogP contribution is -2.56. The molecule has 1 heterocycles. The second-order valence-corrected chi connectivity index (χ2v) is 11.5. The first kappa shape index (κ1) is 30.3. The van der Waals surface area contributed by atoms with Crippen molar-refractivity contribution in [2.45, 2.75) is 55.2 Å². The summed E-state index contributed by atoms with van der Waals surface area (Å²) in [5.41, 5.74) is 3.09. The minimum atomic E-state index is -1.59. The van der Waals surface area contributed by atoms with Crippen LogP contribution in [0.3, 0.4) is 0 Å². The third-order valence-electron chi connectivity index (χ3n) is 6.82. The molecule has 3 N–H and O–H groups in total. The average molecular weight is 589 g/mol. The van der Waals surface area contributed by atoms with Gasteiger partial charge in [-0.05, 0) is 77.1 Å². The van der Waals surface area contributed by atoms with E-state index in [1.54, 1.807) is 36.4 Å². The lowest BCUT2D eigenvalue weighted by Gasteiger charge is -2.40. The Morgan fingerprint density at radius 2 is 1.65 bits per heavy atom. The third-order valence-corrected chi connectivity index (χ3v) is 8.62. The topological polar surface area (TPSA) is 129 Å². The predicted molar refractivity (Wildman–Crippen MR) is 151 cm³/mol. The van der Waals surface area contributed by atoms with E-state index in [0.29, 0.717) is 34.1 Å². The van der Waals surface area contributed by atoms with Crippen molar-refractivity contribution in [2.24, 2.45) is 0 Å². The summed E-state index contributed by atoms with van der Waals surface area (Å²) < 4.78 is 29.3. The summed E-state index contributed by atoms with van der Waals surface area (Å²) in [7, 11) is 1.31. The number of halogens is 1. The molecule has 1 aliphatic rings. The molecule has 1 fully saturated rings. The van der Waals surface area contributed by atoms with Crippen LogP contribution in [-0.2, 0) is 38.3 Å². The van der Waals surface area contributed by atoms with Gasteiger partial charge in [0.2, 0.25) is 0 Å². The first-order valence-corrected chi connectivity index (χ1v) is 14.6. The van der Waals surface area contributed by atoms with Crippen LogP contribution >= 0.6 is 11.6 Å². The maximum Gasteiger partial charge on any atom is 0.309 e. The fourth-order valence-electron chi connectivity index (χ4n) is 4.60. The highest BCUT2D eigenvalue weighted by Crippen LogP contribution is 2.35. The number of benzene rings is 3. The summed E-state index contributed by atoms with van der Waals surface area (Å²) in [5.74, 6) is 0.290. The van der Waals surface area contributed by atoms with Gasteiger partial charge in [0.25, 0.3) is 0 Å². The molecular weight excluding hydrogens is 556 g/mol. The smallest absolute Gasteiger partial charge is 0.309 e. The molecule has 214 valence electrons. The van der Waals surface area contributed by atoms with Gasteiger partial charge >= 0.3 is 5.97 Å².